The highest BCUT2D eigenvalue weighted by molar-refractivity contribution is 7.86. The molecule has 4 nitrogen and oxygen atoms in total. The molecule has 2 aromatic rings. The molecule has 5 heteroatoms. The number of hydrogen-bond acceptors (Lipinski definition) is 4. The van der Waals surface area contributed by atoms with Crippen molar-refractivity contribution in [2.75, 3.05) is 6.61 Å². The zero-order valence-electron chi connectivity index (χ0n) is 11.1. The summed E-state index contributed by atoms with van der Waals surface area (Å²) in [7, 11) is -3.86. The van der Waals surface area contributed by atoms with Gasteiger partial charge in [-0.15, -0.1) is 0 Å². The van der Waals surface area contributed by atoms with E-state index in [1.807, 2.05) is 6.07 Å². The smallest absolute Gasteiger partial charge is 0.297 e. The van der Waals surface area contributed by atoms with Crippen LogP contribution in [0.5, 0.6) is 0 Å². The second-order valence-electron chi connectivity index (χ2n) is 4.67. The van der Waals surface area contributed by atoms with Crippen molar-refractivity contribution in [2.24, 2.45) is 0 Å². The third kappa shape index (κ3) is 3.45. The summed E-state index contributed by atoms with van der Waals surface area (Å²) in [6.45, 7) is 1.18. The topological polar surface area (TPSA) is 63.6 Å². The van der Waals surface area contributed by atoms with Gasteiger partial charge >= 0.3 is 0 Å². The zero-order chi connectivity index (χ0) is 14.6. The highest BCUT2D eigenvalue weighted by Gasteiger charge is 2.27. The lowest BCUT2D eigenvalue weighted by molar-refractivity contribution is 0.00975. The first kappa shape index (κ1) is 14.7. The molecule has 106 valence electrons. The highest BCUT2D eigenvalue weighted by Crippen LogP contribution is 2.22. The van der Waals surface area contributed by atoms with Crippen LogP contribution in [0.1, 0.15) is 12.5 Å². The molecule has 2 aromatic carbocycles. The van der Waals surface area contributed by atoms with E-state index in [9.17, 15) is 13.5 Å². The van der Waals surface area contributed by atoms with Gasteiger partial charge in [0.25, 0.3) is 10.1 Å². The van der Waals surface area contributed by atoms with Gasteiger partial charge in [-0.25, -0.2) is 0 Å². The van der Waals surface area contributed by atoms with E-state index in [1.54, 1.807) is 42.5 Å². The van der Waals surface area contributed by atoms with E-state index in [2.05, 4.69) is 0 Å². The van der Waals surface area contributed by atoms with Crippen LogP contribution in [0.4, 0.5) is 0 Å². The van der Waals surface area contributed by atoms with Gasteiger partial charge in [0.1, 0.15) is 5.60 Å². The van der Waals surface area contributed by atoms with Crippen LogP contribution in [-0.4, -0.2) is 20.1 Å². The van der Waals surface area contributed by atoms with Gasteiger partial charge in [-0.1, -0.05) is 48.5 Å². The number of rotatable bonds is 5. The Morgan fingerprint density at radius 3 is 2.05 bits per heavy atom. The lowest BCUT2D eigenvalue weighted by Crippen LogP contribution is -2.29. The van der Waals surface area contributed by atoms with Crippen molar-refractivity contribution in [1.29, 1.82) is 0 Å². The summed E-state index contributed by atoms with van der Waals surface area (Å²) in [5, 5.41) is 10.3. The maximum Gasteiger partial charge on any atom is 0.297 e. The molecule has 0 aliphatic heterocycles. The quantitative estimate of drug-likeness (QED) is 0.859. The molecule has 0 spiro atoms. The Morgan fingerprint density at radius 2 is 1.50 bits per heavy atom. The fraction of sp³-hybridized carbons (Fsp3) is 0.200. The normalized spacial score (nSPS) is 14.7. The first-order valence-corrected chi connectivity index (χ1v) is 7.55. The fourth-order valence-electron chi connectivity index (χ4n) is 1.73. The minimum Gasteiger partial charge on any atom is -0.383 e. The lowest BCUT2D eigenvalue weighted by Gasteiger charge is -2.23. The molecule has 0 aliphatic rings. The van der Waals surface area contributed by atoms with Crippen LogP contribution >= 0.6 is 0 Å². The molecule has 2 rings (SSSR count). The van der Waals surface area contributed by atoms with Crippen LogP contribution in [0, 0.1) is 0 Å². The maximum absolute atomic E-state index is 12.0. The molecule has 0 saturated heterocycles. The largest absolute Gasteiger partial charge is 0.383 e. The lowest BCUT2D eigenvalue weighted by atomic mass is 9.97. The standard InChI is InChI=1S/C15H16O4S/c1-15(16,13-8-4-2-5-9-13)12-19-20(17,18)14-10-6-3-7-11-14/h2-11,16H,12H2,1H3/t15-/m0/s1. The minimum atomic E-state index is -3.86. The summed E-state index contributed by atoms with van der Waals surface area (Å²) in [5.41, 5.74) is -0.772. The second kappa shape index (κ2) is 5.75. The van der Waals surface area contributed by atoms with E-state index in [0.29, 0.717) is 5.56 Å². The SMILES string of the molecule is C[C@](O)(COS(=O)(=O)c1ccccc1)c1ccccc1. The molecule has 0 aliphatic carbocycles. The summed E-state index contributed by atoms with van der Waals surface area (Å²) >= 11 is 0. The van der Waals surface area contributed by atoms with Gasteiger partial charge in [0.15, 0.2) is 0 Å². The van der Waals surface area contributed by atoms with E-state index in [1.165, 1.54) is 19.1 Å². The Labute approximate surface area is 118 Å². The molecular formula is C15H16O4S. The third-order valence-electron chi connectivity index (χ3n) is 2.92. The van der Waals surface area contributed by atoms with Gasteiger partial charge < -0.3 is 5.11 Å². The number of aliphatic hydroxyl groups is 1. The van der Waals surface area contributed by atoms with E-state index >= 15 is 0 Å². The summed E-state index contributed by atoms with van der Waals surface area (Å²) < 4.78 is 28.9. The molecule has 0 amide bonds. The molecule has 0 heterocycles. The van der Waals surface area contributed by atoms with Crippen molar-refractivity contribution in [2.45, 2.75) is 17.4 Å². The van der Waals surface area contributed by atoms with Gasteiger partial charge in [-0.05, 0) is 24.6 Å². The Balaban J connectivity index is 2.12. The summed E-state index contributed by atoms with van der Waals surface area (Å²) in [4.78, 5) is 0.0730. The Morgan fingerprint density at radius 1 is 1.00 bits per heavy atom. The molecule has 0 unspecified atom stereocenters. The highest BCUT2D eigenvalue weighted by atomic mass is 32.2. The van der Waals surface area contributed by atoms with Crippen molar-refractivity contribution in [3.63, 3.8) is 0 Å². The van der Waals surface area contributed by atoms with Gasteiger partial charge in [0, 0.05) is 0 Å². The van der Waals surface area contributed by atoms with Crippen LogP contribution in [0.25, 0.3) is 0 Å². The van der Waals surface area contributed by atoms with E-state index in [4.69, 9.17) is 4.18 Å². The zero-order valence-corrected chi connectivity index (χ0v) is 11.9. The minimum absolute atomic E-state index is 0.0730. The predicted octanol–water partition coefficient (Wildman–Crippen LogP) is 2.30. The van der Waals surface area contributed by atoms with E-state index in [-0.39, 0.29) is 11.5 Å². The Bertz CT molecular complexity index is 649. The van der Waals surface area contributed by atoms with Gasteiger partial charge in [0.2, 0.25) is 0 Å². The van der Waals surface area contributed by atoms with Gasteiger partial charge in [0.05, 0.1) is 11.5 Å². The molecule has 1 atom stereocenters. The van der Waals surface area contributed by atoms with E-state index < -0.39 is 15.7 Å². The fourth-order valence-corrected chi connectivity index (χ4v) is 2.74. The first-order chi connectivity index (χ1) is 9.42. The molecular weight excluding hydrogens is 276 g/mol. The third-order valence-corrected chi connectivity index (χ3v) is 4.20. The molecule has 0 fully saturated rings. The maximum atomic E-state index is 12.0. The number of benzene rings is 2. The van der Waals surface area contributed by atoms with Crippen LogP contribution < -0.4 is 0 Å². The van der Waals surface area contributed by atoms with Gasteiger partial charge in [-0.2, -0.15) is 8.42 Å². The molecule has 0 bridgehead atoms. The number of hydrogen-bond donors (Lipinski definition) is 1. The molecule has 0 aromatic heterocycles. The van der Waals surface area contributed by atoms with Gasteiger partial charge in [-0.3, -0.25) is 4.18 Å². The van der Waals surface area contributed by atoms with Crippen molar-refractivity contribution < 1.29 is 17.7 Å². The Hall–Kier alpha value is -1.69. The van der Waals surface area contributed by atoms with Crippen molar-refractivity contribution in [3.05, 3.63) is 66.2 Å². The molecule has 0 saturated carbocycles. The predicted molar refractivity (Wildman–Crippen MR) is 75.6 cm³/mol. The summed E-state index contributed by atoms with van der Waals surface area (Å²) in [5.74, 6) is 0. The summed E-state index contributed by atoms with van der Waals surface area (Å²) in [6.07, 6.45) is 0. The molecule has 1 N–H and O–H groups in total. The summed E-state index contributed by atoms with van der Waals surface area (Å²) in [6, 6.07) is 16.7. The monoisotopic (exact) mass is 292 g/mol. The van der Waals surface area contributed by atoms with Crippen molar-refractivity contribution in [3.8, 4) is 0 Å². The first-order valence-electron chi connectivity index (χ1n) is 6.14. The van der Waals surface area contributed by atoms with Crippen LogP contribution in [-0.2, 0) is 19.9 Å². The molecule has 0 radical (unpaired) electrons. The van der Waals surface area contributed by atoms with Crippen LogP contribution in [0.15, 0.2) is 65.6 Å². The Kier molecular flexibility index (Phi) is 4.23. The molecule has 20 heavy (non-hydrogen) atoms. The van der Waals surface area contributed by atoms with Crippen LogP contribution in [0.2, 0.25) is 0 Å². The van der Waals surface area contributed by atoms with Crippen molar-refractivity contribution >= 4 is 10.1 Å². The second-order valence-corrected chi connectivity index (χ2v) is 6.28. The average molecular weight is 292 g/mol. The average Bonchev–Trinajstić information content (AvgIpc) is 2.47. The van der Waals surface area contributed by atoms with E-state index in [0.717, 1.165) is 0 Å². The van der Waals surface area contributed by atoms with Crippen molar-refractivity contribution in [1.82, 2.24) is 0 Å². The van der Waals surface area contributed by atoms with Crippen LogP contribution in [0.3, 0.4) is 0 Å².